The van der Waals surface area contributed by atoms with Gasteiger partial charge in [-0.25, -0.2) is 4.79 Å². The molecule has 0 saturated carbocycles. The van der Waals surface area contributed by atoms with Crippen LogP contribution in [0.2, 0.25) is 0 Å². The summed E-state index contributed by atoms with van der Waals surface area (Å²) in [4.78, 5) is 31.3. The normalized spacial score (nSPS) is 18.6. The first-order valence-corrected chi connectivity index (χ1v) is 11.0. The zero-order valence-corrected chi connectivity index (χ0v) is 18.1. The maximum Gasteiger partial charge on any atom is 0.410 e. The maximum atomic E-state index is 12.9. The lowest BCUT2D eigenvalue weighted by Crippen LogP contribution is -2.49. The number of rotatable bonds is 6. The molecule has 2 aromatic carbocycles. The van der Waals surface area contributed by atoms with Crippen LogP contribution in [0.25, 0.3) is 11.1 Å². The first kappa shape index (κ1) is 21.1. The largest absolute Gasteiger partial charge is 0.448 e. The van der Waals surface area contributed by atoms with Crippen molar-refractivity contribution >= 4 is 18.2 Å². The summed E-state index contributed by atoms with van der Waals surface area (Å²) in [5, 5.41) is 2.98. The van der Waals surface area contributed by atoms with Gasteiger partial charge < -0.3 is 10.1 Å². The summed E-state index contributed by atoms with van der Waals surface area (Å²) >= 11 is 0. The van der Waals surface area contributed by atoms with E-state index in [0.717, 1.165) is 12.8 Å². The van der Waals surface area contributed by atoms with Crippen molar-refractivity contribution in [2.45, 2.75) is 44.2 Å². The second kappa shape index (κ2) is 9.33. The van der Waals surface area contributed by atoms with Crippen molar-refractivity contribution in [3.63, 3.8) is 0 Å². The second-order valence-corrected chi connectivity index (χ2v) is 8.09. The summed E-state index contributed by atoms with van der Waals surface area (Å²) in [6.07, 6.45) is 3.50. The van der Waals surface area contributed by atoms with E-state index in [0.29, 0.717) is 13.0 Å². The fraction of sp³-hybridized carbons (Fsp3) is 0.400. The van der Waals surface area contributed by atoms with Gasteiger partial charge in [-0.15, -0.1) is 0 Å². The molecule has 2 aliphatic rings. The third kappa shape index (κ3) is 4.20. The molecule has 2 amide bonds. The van der Waals surface area contributed by atoms with Gasteiger partial charge in [0.15, 0.2) is 0 Å². The number of hydrogen-bond donors (Lipinski definition) is 1. The summed E-state index contributed by atoms with van der Waals surface area (Å²) in [5.41, 5.74) is 4.75. The summed E-state index contributed by atoms with van der Waals surface area (Å²) in [6, 6.07) is 15.9. The van der Waals surface area contributed by atoms with Crippen molar-refractivity contribution in [1.82, 2.24) is 10.2 Å². The molecule has 0 radical (unpaired) electrons. The molecule has 1 aliphatic carbocycles. The van der Waals surface area contributed by atoms with Gasteiger partial charge in [0, 0.05) is 25.7 Å². The lowest BCUT2D eigenvalue weighted by Gasteiger charge is -2.25. The summed E-state index contributed by atoms with van der Waals surface area (Å²) in [6.45, 7) is 2.79. The number of hydrogen-bond acceptors (Lipinski definition) is 4. The fourth-order valence-corrected chi connectivity index (χ4v) is 4.64. The predicted octanol–water partition coefficient (Wildman–Crippen LogP) is 4.00. The standard InChI is InChI=1S/C25H29N3O3/c1-3-17(15-26-2)27-24(29)23-13-8-14-28(23)25(30)31-16-22-20-11-6-4-9-18(20)19-10-5-7-12-21(19)22/h4-7,9-12,15,17,22-23H,3,8,13-14,16H2,1-2H3,(H,27,29)/t17-,23-/m0/s1. The molecule has 31 heavy (non-hydrogen) atoms. The Hall–Kier alpha value is -3.15. The lowest BCUT2D eigenvalue weighted by molar-refractivity contribution is -0.125. The Kier molecular flexibility index (Phi) is 6.35. The molecular weight excluding hydrogens is 390 g/mol. The van der Waals surface area contributed by atoms with Crippen LogP contribution >= 0.6 is 0 Å². The average molecular weight is 420 g/mol. The van der Waals surface area contributed by atoms with Crippen molar-refractivity contribution < 1.29 is 14.3 Å². The average Bonchev–Trinajstić information content (AvgIpc) is 3.41. The van der Waals surface area contributed by atoms with Crippen LogP contribution in [-0.4, -0.2) is 55.4 Å². The molecule has 0 aromatic heterocycles. The van der Waals surface area contributed by atoms with Gasteiger partial charge >= 0.3 is 6.09 Å². The van der Waals surface area contributed by atoms with Crippen LogP contribution in [0, 0.1) is 0 Å². The van der Waals surface area contributed by atoms with Crippen LogP contribution < -0.4 is 5.32 Å². The lowest BCUT2D eigenvalue weighted by atomic mass is 9.98. The number of ether oxygens (including phenoxy) is 1. The van der Waals surface area contributed by atoms with Crippen LogP contribution in [0.5, 0.6) is 0 Å². The molecule has 2 atom stereocenters. The molecule has 1 aliphatic heterocycles. The molecule has 1 fully saturated rings. The number of nitrogens with zero attached hydrogens (tertiary/aromatic N) is 2. The first-order chi connectivity index (χ1) is 15.1. The molecule has 0 bridgehead atoms. The van der Waals surface area contributed by atoms with Gasteiger partial charge in [0.25, 0.3) is 0 Å². The molecule has 2 aromatic rings. The molecule has 4 rings (SSSR count). The highest BCUT2D eigenvalue weighted by molar-refractivity contribution is 5.88. The zero-order valence-electron chi connectivity index (χ0n) is 18.1. The van der Waals surface area contributed by atoms with Crippen LogP contribution in [-0.2, 0) is 9.53 Å². The van der Waals surface area contributed by atoms with E-state index in [1.54, 1.807) is 18.2 Å². The number of carbonyl (C=O) groups is 2. The number of benzene rings is 2. The van der Waals surface area contributed by atoms with Crippen molar-refractivity contribution in [1.29, 1.82) is 0 Å². The molecule has 1 saturated heterocycles. The van der Waals surface area contributed by atoms with Crippen LogP contribution in [0.4, 0.5) is 4.79 Å². The highest BCUT2D eigenvalue weighted by Gasteiger charge is 2.36. The quantitative estimate of drug-likeness (QED) is 0.720. The molecule has 6 nitrogen and oxygen atoms in total. The molecule has 6 heteroatoms. The van der Waals surface area contributed by atoms with E-state index in [2.05, 4.69) is 34.6 Å². The molecular formula is C25H29N3O3. The molecule has 162 valence electrons. The SMILES string of the molecule is CC[C@@H](C=NC)NC(=O)[C@@H]1CCCN1C(=O)OCC1c2ccccc2-c2ccccc21. The Morgan fingerprint density at radius 3 is 2.42 bits per heavy atom. The highest BCUT2D eigenvalue weighted by Crippen LogP contribution is 2.44. The van der Waals surface area contributed by atoms with Crippen molar-refractivity contribution in [3.8, 4) is 11.1 Å². The van der Waals surface area contributed by atoms with Gasteiger partial charge in [-0.1, -0.05) is 55.5 Å². The topological polar surface area (TPSA) is 71.0 Å². The van der Waals surface area contributed by atoms with Gasteiger partial charge in [0.2, 0.25) is 5.91 Å². The smallest absolute Gasteiger partial charge is 0.410 e. The molecule has 1 heterocycles. The first-order valence-electron chi connectivity index (χ1n) is 11.0. The third-order valence-electron chi connectivity index (χ3n) is 6.22. The van der Waals surface area contributed by atoms with Crippen LogP contribution in [0.1, 0.15) is 43.2 Å². The minimum absolute atomic E-state index is 0.0106. The van der Waals surface area contributed by atoms with E-state index < -0.39 is 12.1 Å². The van der Waals surface area contributed by atoms with E-state index in [1.807, 2.05) is 31.2 Å². The Labute approximate surface area is 183 Å². The summed E-state index contributed by atoms with van der Waals surface area (Å²) in [7, 11) is 1.69. The highest BCUT2D eigenvalue weighted by atomic mass is 16.6. The Bertz CT molecular complexity index is 942. The van der Waals surface area contributed by atoms with Crippen LogP contribution in [0.15, 0.2) is 53.5 Å². The molecule has 0 spiro atoms. The van der Waals surface area contributed by atoms with Gasteiger partial charge in [0.05, 0.1) is 6.04 Å². The molecule has 1 N–H and O–H groups in total. The Balaban J connectivity index is 1.43. The number of likely N-dealkylation sites (tertiary alicyclic amines) is 1. The van der Waals surface area contributed by atoms with Gasteiger partial charge in [-0.05, 0) is 41.5 Å². The minimum atomic E-state index is -0.491. The molecule has 0 unspecified atom stereocenters. The summed E-state index contributed by atoms with van der Waals surface area (Å²) < 4.78 is 5.76. The monoisotopic (exact) mass is 419 g/mol. The third-order valence-corrected chi connectivity index (χ3v) is 6.22. The van der Waals surface area contributed by atoms with Crippen molar-refractivity contribution in [2.24, 2.45) is 4.99 Å². The number of carbonyl (C=O) groups excluding carboxylic acids is 2. The van der Waals surface area contributed by atoms with Gasteiger partial charge in [-0.3, -0.25) is 14.7 Å². The summed E-state index contributed by atoms with van der Waals surface area (Å²) in [5.74, 6) is -0.130. The van der Waals surface area contributed by atoms with E-state index in [1.165, 1.54) is 22.3 Å². The van der Waals surface area contributed by atoms with E-state index >= 15 is 0 Å². The van der Waals surface area contributed by atoms with E-state index in [9.17, 15) is 9.59 Å². The van der Waals surface area contributed by atoms with E-state index in [4.69, 9.17) is 4.74 Å². The van der Waals surface area contributed by atoms with Gasteiger partial charge in [-0.2, -0.15) is 0 Å². The number of aliphatic imine (C=N–C) groups is 1. The second-order valence-electron chi connectivity index (χ2n) is 8.09. The predicted molar refractivity (Wildman–Crippen MR) is 121 cm³/mol. The zero-order chi connectivity index (χ0) is 21.8. The van der Waals surface area contributed by atoms with Crippen LogP contribution in [0.3, 0.4) is 0 Å². The van der Waals surface area contributed by atoms with Gasteiger partial charge in [0.1, 0.15) is 12.6 Å². The van der Waals surface area contributed by atoms with Crippen molar-refractivity contribution in [3.05, 3.63) is 59.7 Å². The fourth-order valence-electron chi connectivity index (χ4n) is 4.64. The number of nitrogens with one attached hydrogen (secondary N) is 1. The number of fused-ring (bicyclic) bond motifs is 3. The van der Waals surface area contributed by atoms with Crippen molar-refractivity contribution in [2.75, 3.05) is 20.2 Å². The minimum Gasteiger partial charge on any atom is -0.448 e. The number of amides is 2. The Morgan fingerprint density at radius 1 is 1.16 bits per heavy atom. The van der Waals surface area contributed by atoms with E-state index in [-0.39, 0.29) is 24.5 Å². The maximum absolute atomic E-state index is 12.9. The Morgan fingerprint density at radius 2 is 1.81 bits per heavy atom.